The number of halogens is 4. The maximum atomic E-state index is 11.8. The first-order valence-corrected chi connectivity index (χ1v) is 3.82. The summed E-state index contributed by atoms with van der Waals surface area (Å²) < 4.78 is 39.2. The minimum atomic E-state index is -4.75. The highest BCUT2D eigenvalue weighted by atomic mass is 35.5. The van der Waals surface area contributed by atoms with Crippen molar-refractivity contribution >= 4 is 11.6 Å². The molecule has 0 heterocycles. The molecular weight excluding hydrogens is 217 g/mol. The van der Waals surface area contributed by atoms with Gasteiger partial charge in [-0.1, -0.05) is 17.5 Å². The van der Waals surface area contributed by atoms with E-state index in [1.165, 1.54) is 12.1 Å². The lowest BCUT2D eigenvalue weighted by molar-refractivity contribution is -0.274. The third-order valence-electron chi connectivity index (χ3n) is 1.32. The van der Waals surface area contributed by atoms with Crippen molar-refractivity contribution in [3.8, 4) is 18.1 Å². The zero-order valence-electron chi connectivity index (χ0n) is 6.73. The van der Waals surface area contributed by atoms with Crippen molar-refractivity contribution in [2.24, 2.45) is 0 Å². The van der Waals surface area contributed by atoms with Gasteiger partial charge < -0.3 is 4.74 Å². The fraction of sp³-hybridized carbons (Fsp3) is 0.111. The lowest BCUT2D eigenvalue weighted by Crippen LogP contribution is -2.17. The van der Waals surface area contributed by atoms with Gasteiger partial charge in [0.05, 0.1) is 5.56 Å². The maximum Gasteiger partial charge on any atom is 0.573 e. The van der Waals surface area contributed by atoms with Gasteiger partial charge in [-0.25, -0.2) is 0 Å². The lowest BCUT2D eigenvalue weighted by atomic mass is 10.2. The van der Waals surface area contributed by atoms with Crippen molar-refractivity contribution in [3.63, 3.8) is 0 Å². The molecule has 0 atom stereocenters. The van der Waals surface area contributed by atoms with E-state index in [2.05, 4.69) is 4.74 Å². The van der Waals surface area contributed by atoms with Crippen LogP contribution in [0, 0.1) is 12.3 Å². The van der Waals surface area contributed by atoms with Gasteiger partial charge in [0.2, 0.25) is 0 Å². The Bertz CT molecular complexity index is 379. The molecule has 1 aromatic rings. The normalized spacial score (nSPS) is 10.8. The first-order chi connectivity index (χ1) is 6.42. The summed E-state index contributed by atoms with van der Waals surface area (Å²) in [6.07, 6.45) is 0.232. The Labute approximate surface area is 83.4 Å². The van der Waals surface area contributed by atoms with E-state index >= 15 is 0 Å². The highest BCUT2D eigenvalue weighted by molar-refractivity contribution is 6.30. The van der Waals surface area contributed by atoms with E-state index in [0.717, 1.165) is 6.07 Å². The van der Waals surface area contributed by atoms with Gasteiger partial charge >= 0.3 is 6.36 Å². The second-order valence-electron chi connectivity index (χ2n) is 2.33. The van der Waals surface area contributed by atoms with E-state index in [-0.39, 0.29) is 10.6 Å². The van der Waals surface area contributed by atoms with Crippen molar-refractivity contribution in [1.82, 2.24) is 0 Å². The fourth-order valence-corrected chi connectivity index (χ4v) is 1.00. The standard InChI is InChI=1S/C9H4ClF3O/c1-2-6-5-7(10)3-4-8(6)14-9(11,12)13/h1,3-5H. The van der Waals surface area contributed by atoms with Crippen LogP contribution in [0.4, 0.5) is 13.2 Å². The summed E-state index contributed by atoms with van der Waals surface area (Å²) >= 11 is 5.53. The third kappa shape index (κ3) is 2.86. The van der Waals surface area contributed by atoms with Gasteiger partial charge in [0.25, 0.3) is 0 Å². The largest absolute Gasteiger partial charge is 0.573 e. The molecule has 0 fully saturated rings. The van der Waals surface area contributed by atoms with Crippen LogP contribution in [0.15, 0.2) is 18.2 Å². The lowest BCUT2D eigenvalue weighted by Gasteiger charge is -2.10. The SMILES string of the molecule is C#Cc1cc(Cl)ccc1OC(F)(F)F. The summed E-state index contributed by atoms with van der Waals surface area (Å²) in [5, 5.41) is 0.257. The highest BCUT2D eigenvalue weighted by Gasteiger charge is 2.31. The molecule has 0 amide bonds. The molecule has 14 heavy (non-hydrogen) atoms. The Morgan fingerprint density at radius 1 is 1.36 bits per heavy atom. The van der Waals surface area contributed by atoms with E-state index in [4.69, 9.17) is 18.0 Å². The highest BCUT2D eigenvalue weighted by Crippen LogP contribution is 2.27. The molecule has 0 saturated heterocycles. The summed E-state index contributed by atoms with van der Waals surface area (Å²) in [5.41, 5.74) is -0.0326. The van der Waals surface area contributed by atoms with Gasteiger partial charge in [0.1, 0.15) is 5.75 Å². The number of benzene rings is 1. The summed E-state index contributed by atoms with van der Waals surface area (Å²) in [7, 11) is 0. The van der Waals surface area contributed by atoms with Crippen LogP contribution >= 0.6 is 11.6 Å². The molecule has 0 radical (unpaired) electrons. The topological polar surface area (TPSA) is 9.23 Å². The van der Waals surface area contributed by atoms with E-state index in [0.29, 0.717) is 0 Å². The first kappa shape index (κ1) is 10.7. The van der Waals surface area contributed by atoms with Crippen LogP contribution in [-0.4, -0.2) is 6.36 Å². The van der Waals surface area contributed by atoms with Crippen LogP contribution in [0.1, 0.15) is 5.56 Å². The van der Waals surface area contributed by atoms with Crippen LogP contribution in [-0.2, 0) is 0 Å². The zero-order chi connectivity index (χ0) is 10.8. The predicted molar refractivity (Wildman–Crippen MR) is 46.1 cm³/mol. The Kier molecular flexibility index (Phi) is 2.92. The molecule has 1 aromatic carbocycles. The average Bonchev–Trinajstić information content (AvgIpc) is 2.06. The summed E-state index contributed by atoms with van der Waals surface area (Å²) in [6, 6.07) is 3.57. The van der Waals surface area contributed by atoms with Crippen molar-refractivity contribution < 1.29 is 17.9 Å². The van der Waals surface area contributed by atoms with Gasteiger partial charge in [-0.2, -0.15) is 0 Å². The van der Waals surface area contributed by atoms with Crippen molar-refractivity contribution in [1.29, 1.82) is 0 Å². The molecule has 0 aliphatic carbocycles. The molecule has 0 aromatic heterocycles. The number of ether oxygens (including phenoxy) is 1. The number of alkyl halides is 3. The van der Waals surface area contributed by atoms with Crippen LogP contribution in [0.25, 0.3) is 0 Å². The smallest absolute Gasteiger partial charge is 0.404 e. The molecule has 0 spiro atoms. The predicted octanol–water partition coefficient (Wildman–Crippen LogP) is 3.22. The van der Waals surface area contributed by atoms with Gasteiger partial charge in [0, 0.05) is 5.02 Å². The second-order valence-corrected chi connectivity index (χ2v) is 2.77. The number of rotatable bonds is 1. The summed E-state index contributed by atoms with van der Waals surface area (Å²) in [6.45, 7) is 0. The molecule has 1 rings (SSSR count). The molecule has 0 bridgehead atoms. The molecule has 5 heteroatoms. The Hall–Kier alpha value is -1.34. The van der Waals surface area contributed by atoms with Crippen LogP contribution in [0.2, 0.25) is 5.02 Å². The quantitative estimate of drug-likeness (QED) is 0.661. The Balaban J connectivity index is 3.05. The monoisotopic (exact) mass is 220 g/mol. The average molecular weight is 221 g/mol. The number of hydrogen-bond donors (Lipinski definition) is 0. The van der Waals surface area contributed by atoms with Gasteiger partial charge in [-0.3, -0.25) is 0 Å². The van der Waals surface area contributed by atoms with Gasteiger partial charge in [0.15, 0.2) is 0 Å². The molecule has 0 aliphatic rings. The Morgan fingerprint density at radius 2 is 2.00 bits per heavy atom. The summed E-state index contributed by atoms with van der Waals surface area (Å²) in [4.78, 5) is 0. The third-order valence-corrected chi connectivity index (χ3v) is 1.56. The molecule has 0 N–H and O–H groups in total. The minimum absolute atomic E-state index is 0.0326. The molecule has 0 unspecified atom stereocenters. The minimum Gasteiger partial charge on any atom is -0.404 e. The van der Waals surface area contributed by atoms with E-state index in [1.54, 1.807) is 0 Å². The fourth-order valence-electron chi connectivity index (χ4n) is 0.829. The molecule has 1 nitrogen and oxygen atoms in total. The van der Waals surface area contributed by atoms with Gasteiger partial charge in [-0.05, 0) is 18.2 Å². The maximum absolute atomic E-state index is 11.8. The molecule has 74 valence electrons. The van der Waals surface area contributed by atoms with Crippen LogP contribution < -0.4 is 4.74 Å². The summed E-state index contributed by atoms with van der Waals surface area (Å²) in [5.74, 6) is 1.62. The first-order valence-electron chi connectivity index (χ1n) is 3.44. The number of terminal acetylenes is 1. The number of hydrogen-bond acceptors (Lipinski definition) is 1. The van der Waals surface area contributed by atoms with E-state index in [1.807, 2.05) is 5.92 Å². The van der Waals surface area contributed by atoms with Crippen LogP contribution in [0.3, 0.4) is 0 Å². The van der Waals surface area contributed by atoms with Crippen molar-refractivity contribution in [2.75, 3.05) is 0 Å². The van der Waals surface area contributed by atoms with Crippen molar-refractivity contribution in [2.45, 2.75) is 6.36 Å². The van der Waals surface area contributed by atoms with E-state index < -0.39 is 12.1 Å². The zero-order valence-corrected chi connectivity index (χ0v) is 7.49. The molecule has 0 aliphatic heterocycles. The second kappa shape index (κ2) is 3.81. The Morgan fingerprint density at radius 3 is 2.50 bits per heavy atom. The van der Waals surface area contributed by atoms with Crippen LogP contribution in [0.5, 0.6) is 5.75 Å². The molecular formula is C9H4ClF3O. The van der Waals surface area contributed by atoms with Gasteiger partial charge in [-0.15, -0.1) is 19.6 Å². The molecule has 0 saturated carbocycles. The van der Waals surface area contributed by atoms with E-state index in [9.17, 15) is 13.2 Å². The van der Waals surface area contributed by atoms with Crippen molar-refractivity contribution in [3.05, 3.63) is 28.8 Å².